The van der Waals surface area contributed by atoms with Gasteiger partial charge >= 0.3 is 0 Å². The summed E-state index contributed by atoms with van der Waals surface area (Å²) in [6.45, 7) is 0.808. The summed E-state index contributed by atoms with van der Waals surface area (Å²) >= 11 is 0. The van der Waals surface area contributed by atoms with Crippen LogP contribution in [0.1, 0.15) is 5.56 Å². The van der Waals surface area contributed by atoms with E-state index in [1.165, 1.54) is 5.56 Å². The molecule has 1 aromatic heterocycles. The molecule has 2 heterocycles. The zero-order valence-electron chi connectivity index (χ0n) is 10.9. The predicted molar refractivity (Wildman–Crippen MR) is 76.5 cm³/mol. The standard InChI is InChI=1S/C15H17N3O/c1-18(14-6-7-17-9-13(14)16)10-12-8-11-4-2-3-5-15(11)19-12/h2-7,9,12H,8,10,16H2,1H3. The molecular weight excluding hydrogens is 238 g/mol. The van der Waals surface area contributed by atoms with Gasteiger partial charge in [0.2, 0.25) is 0 Å². The predicted octanol–water partition coefficient (Wildman–Crippen LogP) is 2.10. The number of nitrogens with two attached hydrogens (primary N) is 1. The third-order valence-electron chi connectivity index (χ3n) is 3.43. The number of rotatable bonds is 3. The summed E-state index contributed by atoms with van der Waals surface area (Å²) in [5.74, 6) is 1.00. The number of nitrogen functional groups attached to an aromatic ring is 1. The van der Waals surface area contributed by atoms with Crippen LogP contribution < -0.4 is 15.4 Å². The molecule has 1 aromatic carbocycles. The van der Waals surface area contributed by atoms with E-state index in [2.05, 4.69) is 22.0 Å². The van der Waals surface area contributed by atoms with Crippen LogP contribution in [0.25, 0.3) is 0 Å². The van der Waals surface area contributed by atoms with Crippen molar-refractivity contribution in [3.63, 3.8) is 0 Å². The molecular formula is C15H17N3O. The van der Waals surface area contributed by atoms with Gasteiger partial charge in [-0.3, -0.25) is 4.98 Å². The first-order valence-electron chi connectivity index (χ1n) is 6.39. The monoisotopic (exact) mass is 255 g/mol. The highest BCUT2D eigenvalue weighted by atomic mass is 16.5. The Hall–Kier alpha value is -2.23. The van der Waals surface area contributed by atoms with Gasteiger partial charge in [-0.1, -0.05) is 18.2 Å². The van der Waals surface area contributed by atoms with Crippen LogP contribution in [-0.2, 0) is 6.42 Å². The van der Waals surface area contributed by atoms with E-state index < -0.39 is 0 Å². The van der Waals surface area contributed by atoms with E-state index in [1.807, 2.05) is 25.2 Å². The van der Waals surface area contributed by atoms with Gasteiger partial charge in [-0.25, -0.2) is 0 Å². The molecule has 4 nitrogen and oxygen atoms in total. The van der Waals surface area contributed by atoms with Crippen LogP contribution >= 0.6 is 0 Å². The summed E-state index contributed by atoms with van der Waals surface area (Å²) in [6, 6.07) is 10.1. The molecule has 0 aliphatic carbocycles. The van der Waals surface area contributed by atoms with Crippen LogP contribution in [0.5, 0.6) is 5.75 Å². The summed E-state index contributed by atoms with van der Waals surface area (Å²) in [7, 11) is 2.03. The van der Waals surface area contributed by atoms with Gasteiger partial charge in [-0.05, 0) is 17.7 Å². The highest BCUT2D eigenvalue weighted by Crippen LogP contribution is 2.29. The van der Waals surface area contributed by atoms with Crippen molar-refractivity contribution in [3.05, 3.63) is 48.3 Å². The smallest absolute Gasteiger partial charge is 0.123 e. The number of anilines is 2. The van der Waals surface area contributed by atoms with Crippen molar-refractivity contribution in [3.8, 4) is 5.75 Å². The molecule has 0 spiro atoms. The van der Waals surface area contributed by atoms with Gasteiger partial charge in [0.1, 0.15) is 11.9 Å². The van der Waals surface area contributed by atoms with Gasteiger partial charge < -0.3 is 15.4 Å². The number of pyridine rings is 1. The molecule has 0 fully saturated rings. The lowest BCUT2D eigenvalue weighted by Crippen LogP contribution is -2.32. The van der Waals surface area contributed by atoms with Gasteiger partial charge in [0.15, 0.2) is 0 Å². The minimum atomic E-state index is 0.176. The zero-order valence-corrected chi connectivity index (χ0v) is 10.9. The molecule has 0 bridgehead atoms. The van der Waals surface area contributed by atoms with Gasteiger partial charge in [0.25, 0.3) is 0 Å². The number of fused-ring (bicyclic) bond motifs is 1. The molecule has 98 valence electrons. The van der Waals surface area contributed by atoms with Gasteiger partial charge in [-0.2, -0.15) is 0 Å². The first-order chi connectivity index (χ1) is 9.24. The van der Waals surface area contributed by atoms with Crippen LogP contribution in [0.3, 0.4) is 0 Å². The fraction of sp³-hybridized carbons (Fsp3) is 0.267. The highest BCUT2D eigenvalue weighted by Gasteiger charge is 2.23. The molecule has 0 saturated heterocycles. The van der Waals surface area contributed by atoms with Crippen molar-refractivity contribution < 1.29 is 4.74 Å². The van der Waals surface area contributed by atoms with Gasteiger partial charge in [-0.15, -0.1) is 0 Å². The third-order valence-corrected chi connectivity index (χ3v) is 3.43. The SMILES string of the molecule is CN(CC1Cc2ccccc2O1)c1ccncc1N. The number of ether oxygens (including phenoxy) is 1. The second-order valence-corrected chi connectivity index (χ2v) is 4.87. The number of nitrogens with zero attached hydrogens (tertiary/aromatic N) is 2. The normalized spacial score (nSPS) is 16.8. The summed E-state index contributed by atoms with van der Waals surface area (Å²) in [5.41, 5.74) is 8.91. The number of benzene rings is 1. The van der Waals surface area contributed by atoms with Crippen LogP contribution in [-0.4, -0.2) is 24.7 Å². The molecule has 0 saturated carbocycles. The Morgan fingerprint density at radius 1 is 1.37 bits per heavy atom. The van der Waals surface area contributed by atoms with E-state index in [4.69, 9.17) is 10.5 Å². The molecule has 19 heavy (non-hydrogen) atoms. The fourth-order valence-electron chi connectivity index (χ4n) is 2.51. The Morgan fingerprint density at radius 3 is 3.00 bits per heavy atom. The van der Waals surface area contributed by atoms with Crippen LogP contribution in [0, 0.1) is 0 Å². The molecule has 4 heteroatoms. The van der Waals surface area contributed by atoms with Crippen LogP contribution in [0.15, 0.2) is 42.7 Å². The number of hydrogen-bond donors (Lipinski definition) is 1. The largest absolute Gasteiger partial charge is 0.488 e. The van der Waals surface area contributed by atoms with Crippen molar-refractivity contribution in [1.82, 2.24) is 4.98 Å². The van der Waals surface area contributed by atoms with Gasteiger partial charge in [0.05, 0.1) is 24.1 Å². The Balaban J connectivity index is 1.69. The first kappa shape index (κ1) is 11.8. The average Bonchev–Trinajstić information content (AvgIpc) is 2.81. The summed E-state index contributed by atoms with van der Waals surface area (Å²) in [5, 5.41) is 0. The maximum atomic E-state index is 5.94. The highest BCUT2D eigenvalue weighted by molar-refractivity contribution is 5.65. The Morgan fingerprint density at radius 2 is 2.21 bits per heavy atom. The lowest BCUT2D eigenvalue weighted by molar-refractivity contribution is 0.239. The maximum absolute atomic E-state index is 5.94. The van der Waals surface area contributed by atoms with Crippen LogP contribution in [0.2, 0.25) is 0 Å². The maximum Gasteiger partial charge on any atom is 0.123 e. The van der Waals surface area contributed by atoms with Crippen molar-refractivity contribution in [2.75, 3.05) is 24.2 Å². The van der Waals surface area contributed by atoms with E-state index in [0.717, 1.165) is 24.4 Å². The molecule has 0 radical (unpaired) electrons. The van der Waals surface area contributed by atoms with Gasteiger partial charge in [0, 0.05) is 19.7 Å². The van der Waals surface area contributed by atoms with E-state index in [1.54, 1.807) is 12.4 Å². The topological polar surface area (TPSA) is 51.4 Å². The minimum absolute atomic E-state index is 0.176. The second kappa shape index (κ2) is 4.80. The number of para-hydroxylation sites is 1. The van der Waals surface area contributed by atoms with Crippen molar-refractivity contribution in [2.45, 2.75) is 12.5 Å². The van der Waals surface area contributed by atoms with E-state index >= 15 is 0 Å². The summed E-state index contributed by atoms with van der Waals surface area (Å²) in [6.07, 6.45) is 4.56. The number of aromatic nitrogens is 1. The number of hydrogen-bond acceptors (Lipinski definition) is 4. The Bertz CT molecular complexity index is 560. The molecule has 2 N–H and O–H groups in total. The van der Waals surface area contributed by atoms with E-state index in [9.17, 15) is 0 Å². The van der Waals surface area contributed by atoms with Crippen molar-refractivity contribution in [2.24, 2.45) is 0 Å². The Labute approximate surface area is 112 Å². The zero-order chi connectivity index (χ0) is 13.2. The molecule has 1 aliphatic rings. The first-order valence-corrected chi connectivity index (χ1v) is 6.39. The minimum Gasteiger partial charge on any atom is -0.488 e. The molecule has 2 aromatic rings. The fourth-order valence-corrected chi connectivity index (χ4v) is 2.51. The average molecular weight is 255 g/mol. The molecule has 1 atom stereocenters. The molecule has 1 aliphatic heterocycles. The lowest BCUT2D eigenvalue weighted by Gasteiger charge is -2.23. The summed E-state index contributed by atoms with van der Waals surface area (Å²) in [4.78, 5) is 6.13. The molecule has 0 amide bonds. The number of likely N-dealkylation sites (N-methyl/N-ethyl adjacent to an activating group) is 1. The third kappa shape index (κ3) is 2.34. The molecule has 3 rings (SSSR count). The van der Waals surface area contributed by atoms with Crippen molar-refractivity contribution >= 4 is 11.4 Å². The second-order valence-electron chi connectivity index (χ2n) is 4.87. The van der Waals surface area contributed by atoms with Crippen molar-refractivity contribution in [1.29, 1.82) is 0 Å². The quantitative estimate of drug-likeness (QED) is 0.912. The van der Waals surface area contributed by atoms with Crippen LogP contribution in [0.4, 0.5) is 11.4 Å². The van der Waals surface area contributed by atoms with E-state index in [0.29, 0.717) is 5.69 Å². The Kier molecular flexibility index (Phi) is 2.99. The van der Waals surface area contributed by atoms with E-state index in [-0.39, 0.29) is 6.10 Å². The summed E-state index contributed by atoms with van der Waals surface area (Å²) < 4.78 is 5.94. The molecule has 1 unspecified atom stereocenters. The lowest BCUT2D eigenvalue weighted by atomic mass is 10.1.